The summed E-state index contributed by atoms with van der Waals surface area (Å²) in [5.74, 6) is 0. The SMILES string of the molecule is CN(C)c1ccc(NCc2cc(-c3ccccc3)n[nH]2)cc1Cl. The molecule has 0 unspecified atom stereocenters. The van der Waals surface area contributed by atoms with Gasteiger partial charge in [-0.3, -0.25) is 5.10 Å². The Labute approximate surface area is 141 Å². The third-order valence-corrected chi connectivity index (χ3v) is 3.92. The lowest BCUT2D eigenvalue weighted by molar-refractivity contribution is 0.983. The maximum atomic E-state index is 6.29. The van der Waals surface area contributed by atoms with Gasteiger partial charge in [-0.05, 0) is 24.3 Å². The van der Waals surface area contributed by atoms with Crippen molar-refractivity contribution in [2.75, 3.05) is 24.3 Å². The van der Waals surface area contributed by atoms with Crippen molar-refractivity contribution in [3.63, 3.8) is 0 Å². The van der Waals surface area contributed by atoms with Crippen LogP contribution in [0.3, 0.4) is 0 Å². The molecule has 0 saturated carbocycles. The first kappa shape index (κ1) is 15.4. The molecule has 0 atom stereocenters. The lowest BCUT2D eigenvalue weighted by Crippen LogP contribution is -2.09. The summed E-state index contributed by atoms with van der Waals surface area (Å²) < 4.78 is 0. The number of aromatic nitrogens is 2. The fourth-order valence-electron chi connectivity index (χ4n) is 2.39. The minimum absolute atomic E-state index is 0.664. The summed E-state index contributed by atoms with van der Waals surface area (Å²) >= 11 is 6.29. The summed E-state index contributed by atoms with van der Waals surface area (Å²) in [7, 11) is 3.95. The molecule has 5 heteroatoms. The van der Waals surface area contributed by atoms with Crippen LogP contribution in [0.2, 0.25) is 5.02 Å². The van der Waals surface area contributed by atoms with Gasteiger partial charge in [-0.1, -0.05) is 41.9 Å². The zero-order valence-electron chi connectivity index (χ0n) is 13.2. The Morgan fingerprint density at radius 3 is 2.57 bits per heavy atom. The third kappa shape index (κ3) is 3.66. The first-order valence-electron chi connectivity index (χ1n) is 7.44. The number of rotatable bonds is 5. The van der Waals surface area contributed by atoms with Crippen molar-refractivity contribution in [1.82, 2.24) is 10.2 Å². The topological polar surface area (TPSA) is 44.0 Å². The molecule has 1 heterocycles. The van der Waals surface area contributed by atoms with Crippen LogP contribution in [-0.2, 0) is 6.54 Å². The van der Waals surface area contributed by atoms with E-state index in [9.17, 15) is 0 Å². The molecule has 2 N–H and O–H groups in total. The summed E-state index contributed by atoms with van der Waals surface area (Å²) in [4.78, 5) is 1.99. The van der Waals surface area contributed by atoms with Gasteiger partial charge in [-0.15, -0.1) is 0 Å². The predicted molar refractivity (Wildman–Crippen MR) is 97.1 cm³/mol. The molecule has 4 nitrogen and oxygen atoms in total. The third-order valence-electron chi connectivity index (χ3n) is 3.61. The zero-order chi connectivity index (χ0) is 16.2. The number of anilines is 2. The first-order chi connectivity index (χ1) is 11.1. The maximum Gasteiger partial charge on any atom is 0.0924 e. The lowest BCUT2D eigenvalue weighted by Gasteiger charge is -2.15. The zero-order valence-corrected chi connectivity index (χ0v) is 13.9. The van der Waals surface area contributed by atoms with Gasteiger partial charge in [0.25, 0.3) is 0 Å². The summed E-state index contributed by atoms with van der Waals surface area (Å²) in [6.07, 6.45) is 0. The van der Waals surface area contributed by atoms with Crippen LogP contribution in [0.25, 0.3) is 11.3 Å². The molecule has 0 aliphatic rings. The van der Waals surface area contributed by atoms with Crippen LogP contribution in [0.1, 0.15) is 5.69 Å². The van der Waals surface area contributed by atoms with Crippen molar-refractivity contribution in [1.29, 1.82) is 0 Å². The lowest BCUT2D eigenvalue weighted by atomic mass is 10.1. The van der Waals surface area contributed by atoms with Crippen molar-refractivity contribution in [3.05, 3.63) is 65.3 Å². The molecule has 1 aromatic heterocycles. The summed E-state index contributed by atoms with van der Waals surface area (Å²) in [6.45, 7) is 0.664. The Balaban J connectivity index is 1.67. The fraction of sp³-hybridized carbons (Fsp3) is 0.167. The van der Waals surface area contributed by atoms with Gasteiger partial charge >= 0.3 is 0 Å². The van der Waals surface area contributed by atoms with E-state index in [1.165, 1.54) is 0 Å². The van der Waals surface area contributed by atoms with Crippen LogP contribution in [0.15, 0.2) is 54.6 Å². The summed E-state index contributed by atoms with van der Waals surface area (Å²) in [5, 5.41) is 11.5. The highest BCUT2D eigenvalue weighted by molar-refractivity contribution is 6.33. The molecule has 3 aromatic rings. The quantitative estimate of drug-likeness (QED) is 0.730. The Morgan fingerprint density at radius 2 is 1.87 bits per heavy atom. The number of H-pyrrole nitrogens is 1. The van der Waals surface area contributed by atoms with Gasteiger partial charge in [-0.25, -0.2) is 0 Å². The second-order valence-electron chi connectivity index (χ2n) is 5.56. The molecular weight excluding hydrogens is 308 g/mol. The van der Waals surface area contributed by atoms with E-state index in [-0.39, 0.29) is 0 Å². The van der Waals surface area contributed by atoms with E-state index in [4.69, 9.17) is 11.6 Å². The fourth-order valence-corrected chi connectivity index (χ4v) is 2.74. The molecular formula is C18H19ClN4. The van der Waals surface area contributed by atoms with E-state index >= 15 is 0 Å². The van der Waals surface area contributed by atoms with Crippen molar-refractivity contribution in [3.8, 4) is 11.3 Å². The molecule has 2 aromatic carbocycles. The molecule has 0 fully saturated rings. The molecule has 3 rings (SSSR count). The molecule has 0 bridgehead atoms. The normalized spacial score (nSPS) is 10.6. The Morgan fingerprint density at radius 1 is 1.09 bits per heavy atom. The Bertz CT molecular complexity index is 781. The first-order valence-corrected chi connectivity index (χ1v) is 7.82. The summed E-state index contributed by atoms with van der Waals surface area (Å²) in [6, 6.07) is 18.1. The minimum Gasteiger partial charge on any atom is -0.379 e. The van der Waals surface area contributed by atoms with Crippen molar-refractivity contribution < 1.29 is 0 Å². The highest BCUT2D eigenvalue weighted by Gasteiger charge is 2.06. The van der Waals surface area contributed by atoms with E-state index in [0.29, 0.717) is 6.54 Å². The smallest absolute Gasteiger partial charge is 0.0924 e. The van der Waals surface area contributed by atoms with Gasteiger partial charge in [-0.2, -0.15) is 5.10 Å². The monoisotopic (exact) mass is 326 g/mol. The summed E-state index contributed by atoms with van der Waals surface area (Å²) in [5.41, 5.74) is 5.06. The molecule has 0 spiro atoms. The van der Waals surface area contributed by atoms with Crippen LogP contribution in [0.5, 0.6) is 0 Å². The largest absolute Gasteiger partial charge is 0.379 e. The number of halogens is 1. The molecule has 118 valence electrons. The van der Waals surface area contributed by atoms with E-state index < -0.39 is 0 Å². The van der Waals surface area contributed by atoms with Gasteiger partial charge in [0.05, 0.1) is 28.6 Å². The molecule has 0 saturated heterocycles. The van der Waals surface area contributed by atoms with Crippen molar-refractivity contribution in [2.24, 2.45) is 0 Å². The predicted octanol–water partition coefficient (Wildman–Crippen LogP) is 4.41. The maximum absolute atomic E-state index is 6.29. The highest BCUT2D eigenvalue weighted by Crippen LogP contribution is 2.27. The van der Waals surface area contributed by atoms with Gasteiger partial charge < -0.3 is 10.2 Å². The molecule has 0 radical (unpaired) electrons. The molecule has 0 amide bonds. The minimum atomic E-state index is 0.664. The van der Waals surface area contributed by atoms with Gasteiger partial charge in [0.15, 0.2) is 0 Å². The highest BCUT2D eigenvalue weighted by atomic mass is 35.5. The average Bonchev–Trinajstić information content (AvgIpc) is 3.02. The van der Waals surface area contributed by atoms with E-state index in [0.717, 1.165) is 33.3 Å². The standard InChI is InChI=1S/C18H19ClN4/c1-23(2)18-9-8-14(10-16(18)19)20-12-15-11-17(22-21-15)13-6-4-3-5-7-13/h3-11,20H,12H2,1-2H3,(H,21,22). The number of benzene rings is 2. The number of nitrogens with one attached hydrogen (secondary N) is 2. The van der Waals surface area contributed by atoms with Crippen molar-refractivity contribution in [2.45, 2.75) is 6.54 Å². The molecule has 0 aliphatic carbocycles. The number of hydrogen-bond acceptors (Lipinski definition) is 3. The molecule has 0 aliphatic heterocycles. The van der Waals surface area contributed by atoms with Crippen LogP contribution in [0.4, 0.5) is 11.4 Å². The average molecular weight is 327 g/mol. The van der Waals surface area contributed by atoms with Gasteiger partial charge in [0.2, 0.25) is 0 Å². The van der Waals surface area contributed by atoms with Crippen molar-refractivity contribution >= 4 is 23.0 Å². The molecule has 23 heavy (non-hydrogen) atoms. The van der Waals surface area contributed by atoms with E-state index in [1.54, 1.807) is 0 Å². The van der Waals surface area contributed by atoms with Crippen LogP contribution >= 0.6 is 11.6 Å². The van der Waals surface area contributed by atoms with E-state index in [1.807, 2.05) is 67.5 Å². The number of hydrogen-bond donors (Lipinski definition) is 2. The van der Waals surface area contributed by atoms with Crippen LogP contribution in [0, 0.1) is 0 Å². The number of aromatic amines is 1. The second-order valence-corrected chi connectivity index (χ2v) is 5.97. The Hall–Kier alpha value is -2.46. The van der Waals surface area contributed by atoms with Gasteiger partial charge in [0, 0.05) is 25.3 Å². The second kappa shape index (κ2) is 6.75. The van der Waals surface area contributed by atoms with Gasteiger partial charge in [0.1, 0.15) is 0 Å². The van der Waals surface area contributed by atoms with Crippen LogP contribution in [-0.4, -0.2) is 24.3 Å². The van der Waals surface area contributed by atoms with Crippen LogP contribution < -0.4 is 10.2 Å². The van der Waals surface area contributed by atoms with E-state index in [2.05, 4.69) is 21.6 Å². The Kier molecular flexibility index (Phi) is 4.53. The number of nitrogens with zero attached hydrogens (tertiary/aromatic N) is 2.